The zero-order valence-corrected chi connectivity index (χ0v) is 19.3. The van der Waals surface area contributed by atoms with E-state index in [4.69, 9.17) is 4.74 Å². The lowest BCUT2D eigenvalue weighted by Gasteiger charge is -2.32. The largest absolute Gasteiger partial charge is 0.379 e. The van der Waals surface area contributed by atoms with Crippen LogP contribution >= 0.6 is 0 Å². The quantitative estimate of drug-likeness (QED) is 0.722. The van der Waals surface area contributed by atoms with Gasteiger partial charge in [-0.1, -0.05) is 29.8 Å². The van der Waals surface area contributed by atoms with Crippen molar-refractivity contribution in [2.45, 2.75) is 31.2 Å². The van der Waals surface area contributed by atoms with Gasteiger partial charge in [0.25, 0.3) is 0 Å². The van der Waals surface area contributed by atoms with Crippen LogP contribution in [0.15, 0.2) is 53.4 Å². The average molecular weight is 458 g/mol. The summed E-state index contributed by atoms with van der Waals surface area (Å²) in [4.78, 5) is 15.4. The number of benzene rings is 2. The Morgan fingerprint density at radius 1 is 1.03 bits per heavy atom. The summed E-state index contributed by atoms with van der Waals surface area (Å²) in [6.07, 6.45) is 1.85. The van der Waals surface area contributed by atoms with Crippen molar-refractivity contribution in [3.05, 3.63) is 59.7 Å². The molecular weight excluding hydrogens is 426 g/mol. The molecular formula is C24H31N3O4S. The Morgan fingerprint density at radius 3 is 2.41 bits per heavy atom. The molecule has 0 radical (unpaired) electrons. The van der Waals surface area contributed by atoms with Crippen LogP contribution in [0.2, 0.25) is 0 Å². The predicted molar refractivity (Wildman–Crippen MR) is 124 cm³/mol. The van der Waals surface area contributed by atoms with E-state index >= 15 is 0 Å². The van der Waals surface area contributed by atoms with E-state index in [2.05, 4.69) is 41.4 Å². The number of sulfonamides is 1. The number of rotatable bonds is 6. The van der Waals surface area contributed by atoms with Crippen LogP contribution in [0.1, 0.15) is 24.0 Å². The summed E-state index contributed by atoms with van der Waals surface area (Å²) in [6.45, 7) is 6.19. The van der Waals surface area contributed by atoms with E-state index < -0.39 is 10.0 Å². The molecule has 1 atom stereocenters. The molecule has 2 aromatic rings. The maximum absolute atomic E-state index is 12.9. The van der Waals surface area contributed by atoms with Crippen molar-refractivity contribution < 1.29 is 17.9 Å². The van der Waals surface area contributed by atoms with Gasteiger partial charge < -0.3 is 10.1 Å². The van der Waals surface area contributed by atoms with Crippen LogP contribution in [0.3, 0.4) is 0 Å². The number of carbonyl (C=O) groups is 1. The molecule has 2 aliphatic heterocycles. The molecule has 32 heavy (non-hydrogen) atoms. The lowest BCUT2D eigenvalue weighted by Crippen LogP contribution is -2.40. The highest BCUT2D eigenvalue weighted by atomic mass is 32.2. The molecule has 2 aliphatic rings. The lowest BCUT2D eigenvalue weighted by molar-refractivity contribution is -0.121. The Balaban J connectivity index is 1.34. The van der Waals surface area contributed by atoms with Crippen LogP contribution < -0.4 is 5.32 Å². The second-order valence-electron chi connectivity index (χ2n) is 8.59. The van der Waals surface area contributed by atoms with Crippen molar-refractivity contribution in [3.8, 4) is 0 Å². The Bertz CT molecular complexity index is 1020. The number of piperidine rings is 1. The maximum atomic E-state index is 12.9. The summed E-state index contributed by atoms with van der Waals surface area (Å²) in [7, 11) is -3.53. The van der Waals surface area contributed by atoms with Crippen LogP contribution in [0.25, 0.3) is 0 Å². The molecule has 1 unspecified atom stereocenters. The van der Waals surface area contributed by atoms with E-state index in [0.717, 1.165) is 32.5 Å². The summed E-state index contributed by atoms with van der Waals surface area (Å²) >= 11 is 0. The fourth-order valence-electron chi connectivity index (χ4n) is 4.26. The summed E-state index contributed by atoms with van der Waals surface area (Å²) < 4.78 is 32.2. The summed E-state index contributed by atoms with van der Waals surface area (Å²) in [5, 5.41) is 2.97. The fraction of sp³-hybridized carbons (Fsp3) is 0.458. The Labute approximate surface area is 190 Å². The number of hydrogen-bond acceptors (Lipinski definition) is 5. The second kappa shape index (κ2) is 10.1. The van der Waals surface area contributed by atoms with Gasteiger partial charge in [-0.05, 0) is 56.1 Å². The minimum Gasteiger partial charge on any atom is -0.379 e. The monoisotopic (exact) mass is 457 g/mol. The van der Waals surface area contributed by atoms with Gasteiger partial charge in [-0.15, -0.1) is 0 Å². The van der Waals surface area contributed by atoms with E-state index in [1.54, 1.807) is 24.3 Å². The molecule has 8 heteroatoms. The van der Waals surface area contributed by atoms with Crippen LogP contribution in [0.4, 0.5) is 5.69 Å². The van der Waals surface area contributed by atoms with Gasteiger partial charge >= 0.3 is 0 Å². The minimum atomic E-state index is -3.53. The highest BCUT2D eigenvalue weighted by molar-refractivity contribution is 7.89. The van der Waals surface area contributed by atoms with Gasteiger partial charge in [0.15, 0.2) is 0 Å². The van der Waals surface area contributed by atoms with Crippen LogP contribution in [-0.4, -0.2) is 62.9 Å². The molecule has 0 aromatic heterocycles. The Morgan fingerprint density at radius 2 is 1.72 bits per heavy atom. The van der Waals surface area contributed by atoms with E-state index in [0.29, 0.717) is 32.0 Å². The number of nitrogens with zero attached hydrogens (tertiary/aromatic N) is 2. The molecule has 2 fully saturated rings. The molecule has 1 amide bonds. The molecule has 0 aliphatic carbocycles. The van der Waals surface area contributed by atoms with Crippen LogP contribution in [-0.2, 0) is 26.1 Å². The molecule has 0 saturated carbocycles. The van der Waals surface area contributed by atoms with Gasteiger partial charge in [0, 0.05) is 31.9 Å². The standard InChI is InChI=1S/C24H31N3O4S/c1-19-4-6-20(7-5-19)17-26-12-2-3-21(18-26)24(28)25-22-8-10-23(11-9-22)32(29,30)27-13-15-31-16-14-27/h4-11,21H,2-3,12-18H2,1H3,(H,25,28). The summed E-state index contributed by atoms with van der Waals surface area (Å²) in [5.74, 6) is -0.0895. The third kappa shape index (κ3) is 5.56. The maximum Gasteiger partial charge on any atom is 0.243 e. The third-order valence-corrected chi connectivity index (χ3v) is 8.05. The number of ether oxygens (including phenoxy) is 1. The van der Waals surface area contributed by atoms with E-state index in [9.17, 15) is 13.2 Å². The first-order valence-corrected chi connectivity index (χ1v) is 12.6. The number of hydrogen-bond donors (Lipinski definition) is 1. The highest BCUT2D eigenvalue weighted by Crippen LogP contribution is 2.23. The van der Waals surface area contributed by atoms with Crippen LogP contribution in [0, 0.1) is 12.8 Å². The summed E-state index contributed by atoms with van der Waals surface area (Å²) in [6, 6.07) is 15.0. The zero-order valence-electron chi connectivity index (χ0n) is 18.5. The van der Waals surface area contributed by atoms with Crippen molar-refractivity contribution in [2.24, 2.45) is 5.92 Å². The second-order valence-corrected chi connectivity index (χ2v) is 10.5. The number of anilines is 1. The fourth-order valence-corrected chi connectivity index (χ4v) is 5.66. The Hall–Kier alpha value is -2.26. The van der Waals surface area contributed by atoms with Gasteiger partial charge in [0.1, 0.15) is 0 Å². The van der Waals surface area contributed by atoms with E-state index in [-0.39, 0.29) is 16.7 Å². The molecule has 7 nitrogen and oxygen atoms in total. The Kier molecular flexibility index (Phi) is 7.25. The van der Waals surface area contributed by atoms with Gasteiger partial charge in [0.2, 0.25) is 15.9 Å². The lowest BCUT2D eigenvalue weighted by atomic mass is 9.96. The molecule has 4 rings (SSSR count). The minimum absolute atomic E-state index is 0.0117. The van der Waals surface area contributed by atoms with Crippen molar-refractivity contribution in [3.63, 3.8) is 0 Å². The number of morpholine rings is 1. The molecule has 2 saturated heterocycles. The van der Waals surface area contributed by atoms with E-state index in [1.807, 2.05) is 0 Å². The smallest absolute Gasteiger partial charge is 0.243 e. The first-order chi connectivity index (χ1) is 15.4. The number of likely N-dealkylation sites (tertiary alicyclic amines) is 1. The van der Waals surface area contributed by atoms with Gasteiger partial charge in [-0.2, -0.15) is 4.31 Å². The number of amides is 1. The van der Waals surface area contributed by atoms with Gasteiger partial charge in [-0.3, -0.25) is 9.69 Å². The predicted octanol–water partition coefficient (Wildman–Crippen LogP) is 2.87. The van der Waals surface area contributed by atoms with Crippen molar-refractivity contribution in [2.75, 3.05) is 44.7 Å². The molecule has 1 N–H and O–H groups in total. The number of nitrogens with one attached hydrogen (secondary N) is 1. The number of carbonyl (C=O) groups excluding carboxylic acids is 1. The first-order valence-electron chi connectivity index (χ1n) is 11.2. The molecule has 0 bridgehead atoms. The van der Waals surface area contributed by atoms with Gasteiger partial charge in [-0.25, -0.2) is 8.42 Å². The van der Waals surface area contributed by atoms with E-state index in [1.165, 1.54) is 15.4 Å². The first kappa shape index (κ1) is 22.9. The van der Waals surface area contributed by atoms with Gasteiger partial charge in [0.05, 0.1) is 24.0 Å². The van der Waals surface area contributed by atoms with Crippen LogP contribution in [0.5, 0.6) is 0 Å². The highest BCUT2D eigenvalue weighted by Gasteiger charge is 2.27. The zero-order chi connectivity index (χ0) is 22.6. The molecule has 0 spiro atoms. The SMILES string of the molecule is Cc1ccc(CN2CCCC(C(=O)Nc3ccc(S(=O)(=O)N4CCOCC4)cc3)C2)cc1. The normalized spacial score (nSPS) is 20.7. The van der Waals surface area contributed by atoms with Crippen molar-refractivity contribution >= 4 is 21.6 Å². The molecule has 2 aromatic carbocycles. The average Bonchev–Trinajstić information content (AvgIpc) is 2.82. The molecule has 172 valence electrons. The number of aryl methyl sites for hydroxylation is 1. The van der Waals surface area contributed by atoms with Crippen molar-refractivity contribution in [1.82, 2.24) is 9.21 Å². The molecule has 2 heterocycles. The van der Waals surface area contributed by atoms with Crippen molar-refractivity contribution in [1.29, 1.82) is 0 Å². The third-order valence-electron chi connectivity index (χ3n) is 6.13. The topological polar surface area (TPSA) is 79.0 Å². The summed E-state index contributed by atoms with van der Waals surface area (Å²) in [5.41, 5.74) is 3.12.